The predicted octanol–water partition coefficient (Wildman–Crippen LogP) is 5.08. The summed E-state index contributed by atoms with van der Waals surface area (Å²) in [6.45, 7) is 9.33. The standard InChI is InChI=1S/C26H34ClFN6O2/c1-5-23-22(14-27)18(4)31-26(32-23)33-11-8-16(2)20(17(3)15-36-33)13-25(35)21-12-19(28)6-7-24(21)34-29-9-10-30-34/h6-7,9-10,16-17,20-21H,5,8,11-15H2,1-4H3/t16-,17+,20?,21?/m0/s1. The topological polar surface area (TPSA) is 86.0 Å². The number of anilines is 1. The predicted molar refractivity (Wildman–Crippen MR) is 137 cm³/mol. The highest BCUT2D eigenvalue weighted by molar-refractivity contribution is 6.17. The van der Waals surface area contributed by atoms with Crippen molar-refractivity contribution in [3.63, 3.8) is 0 Å². The van der Waals surface area contributed by atoms with Gasteiger partial charge >= 0.3 is 0 Å². The number of hydroxylamine groups is 1. The van der Waals surface area contributed by atoms with Crippen LogP contribution in [-0.2, 0) is 21.9 Å². The van der Waals surface area contributed by atoms with E-state index in [4.69, 9.17) is 21.4 Å². The van der Waals surface area contributed by atoms with Crippen LogP contribution in [0.4, 0.5) is 10.3 Å². The zero-order chi connectivity index (χ0) is 25.8. The number of hydrogen-bond donors (Lipinski definition) is 0. The summed E-state index contributed by atoms with van der Waals surface area (Å²) >= 11 is 6.11. The van der Waals surface area contributed by atoms with Gasteiger partial charge in [0.2, 0.25) is 5.95 Å². The number of aromatic nitrogens is 5. The lowest BCUT2D eigenvalue weighted by atomic mass is 9.76. The van der Waals surface area contributed by atoms with Crippen molar-refractivity contribution >= 4 is 29.0 Å². The lowest BCUT2D eigenvalue weighted by Crippen LogP contribution is -2.38. The Hall–Kier alpha value is -2.65. The summed E-state index contributed by atoms with van der Waals surface area (Å²) in [4.78, 5) is 30.4. The minimum atomic E-state index is -0.603. The van der Waals surface area contributed by atoms with Crippen LogP contribution in [0.3, 0.4) is 0 Å². The van der Waals surface area contributed by atoms with E-state index in [2.05, 4.69) is 36.0 Å². The maximum Gasteiger partial charge on any atom is 0.250 e. The number of ketones is 1. The number of carbonyl (C=O) groups excluding carboxylic acids is 1. The van der Waals surface area contributed by atoms with Crippen LogP contribution in [0.1, 0.15) is 57.0 Å². The van der Waals surface area contributed by atoms with Crippen LogP contribution >= 0.6 is 11.6 Å². The van der Waals surface area contributed by atoms with Crippen LogP contribution in [0.2, 0.25) is 0 Å². The van der Waals surface area contributed by atoms with Gasteiger partial charge in [0, 0.05) is 30.6 Å². The van der Waals surface area contributed by atoms with Crippen LogP contribution in [-0.4, -0.2) is 43.9 Å². The van der Waals surface area contributed by atoms with Crippen molar-refractivity contribution in [1.82, 2.24) is 25.0 Å². The average molecular weight is 517 g/mol. The lowest BCUT2D eigenvalue weighted by Gasteiger charge is -2.36. The van der Waals surface area contributed by atoms with Gasteiger partial charge in [-0.3, -0.25) is 9.63 Å². The van der Waals surface area contributed by atoms with E-state index in [1.165, 1.54) is 10.9 Å². The first-order chi connectivity index (χ1) is 17.3. The van der Waals surface area contributed by atoms with Gasteiger partial charge < -0.3 is 0 Å². The molecule has 0 bridgehead atoms. The number of Topliss-reactive ketones (excluding diaryl/α,β-unsaturated/α-hetero) is 1. The molecule has 194 valence electrons. The van der Waals surface area contributed by atoms with Crippen molar-refractivity contribution in [2.45, 2.75) is 59.3 Å². The molecule has 0 saturated carbocycles. The average Bonchev–Trinajstić information content (AvgIpc) is 3.40. The Bertz CT molecular complexity index is 1120. The van der Waals surface area contributed by atoms with Gasteiger partial charge in [-0.2, -0.15) is 15.0 Å². The van der Waals surface area contributed by atoms with Crippen molar-refractivity contribution < 1.29 is 14.0 Å². The highest BCUT2D eigenvalue weighted by Crippen LogP contribution is 2.36. The number of aryl methyl sites for hydroxylation is 2. The van der Waals surface area contributed by atoms with Gasteiger partial charge in [-0.15, -0.1) is 11.6 Å². The minimum Gasteiger partial charge on any atom is -0.299 e. The minimum absolute atomic E-state index is 0.00568. The third-order valence-electron chi connectivity index (χ3n) is 7.39. The van der Waals surface area contributed by atoms with Crippen molar-refractivity contribution in [3.8, 4) is 0 Å². The van der Waals surface area contributed by atoms with Crippen LogP contribution in [0.5, 0.6) is 0 Å². The van der Waals surface area contributed by atoms with E-state index < -0.39 is 5.92 Å². The van der Waals surface area contributed by atoms with Crippen LogP contribution < -0.4 is 5.06 Å². The van der Waals surface area contributed by atoms with Crippen molar-refractivity contribution in [2.75, 3.05) is 18.2 Å². The monoisotopic (exact) mass is 516 g/mol. The van der Waals surface area contributed by atoms with Crippen LogP contribution in [0.15, 0.2) is 30.4 Å². The molecule has 0 radical (unpaired) electrons. The van der Waals surface area contributed by atoms with E-state index in [-0.39, 0.29) is 35.8 Å². The molecule has 1 aliphatic carbocycles. The van der Waals surface area contributed by atoms with Gasteiger partial charge in [0.25, 0.3) is 0 Å². The summed E-state index contributed by atoms with van der Waals surface area (Å²) in [6, 6.07) is 0. The first-order valence-corrected chi connectivity index (χ1v) is 13.1. The molecule has 1 aliphatic heterocycles. The highest BCUT2D eigenvalue weighted by atomic mass is 35.5. The van der Waals surface area contributed by atoms with E-state index in [9.17, 15) is 9.18 Å². The molecule has 0 aromatic carbocycles. The second kappa shape index (κ2) is 11.6. The van der Waals surface area contributed by atoms with Gasteiger partial charge in [-0.1, -0.05) is 20.8 Å². The second-order valence-electron chi connectivity index (χ2n) is 9.78. The summed E-state index contributed by atoms with van der Waals surface area (Å²) in [6.07, 6.45) is 8.07. The summed E-state index contributed by atoms with van der Waals surface area (Å²) in [5, 5.41) is 10.1. The molecule has 2 aromatic heterocycles. The third kappa shape index (κ3) is 5.67. The molecule has 4 atom stereocenters. The molecule has 0 spiro atoms. The molecule has 0 N–H and O–H groups in total. The van der Waals surface area contributed by atoms with Gasteiger partial charge in [-0.25, -0.2) is 19.4 Å². The fraction of sp³-hybridized carbons (Fsp3) is 0.577. The largest absolute Gasteiger partial charge is 0.299 e. The summed E-state index contributed by atoms with van der Waals surface area (Å²) < 4.78 is 14.2. The fourth-order valence-corrected chi connectivity index (χ4v) is 5.48. The molecule has 10 heteroatoms. The Labute approximate surface area is 216 Å². The summed E-state index contributed by atoms with van der Waals surface area (Å²) in [5.74, 6) is 0.506. The van der Waals surface area contributed by atoms with E-state index in [1.54, 1.807) is 23.5 Å². The number of alkyl halides is 1. The van der Waals surface area contributed by atoms with Crippen molar-refractivity contribution in [2.24, 2.45) is 23.7 Å². The Morgan fingerprint density at radius 2 is 1.94 bits per heavy atom. The van der Waals surface area contributed by atoms with Gasteiger partial charge in [-0.05, 0) is 49.7 Å². The van der Waals surface area contributed by atoms with Crippen molar-refractivity contribution in [1.29, 1.82) is 0 Å². The summed E-state index contributed by atoms with van der Waals surface area (Å²) in [7, 11) is 0. The number of nitrogens with zero attached hydrogens (tertiary/aromatic N) is 6. The molecular weight excluding hydrogens is 483 g/mol. The smallest absolute Gasteiger partial charge is 0.250 e. The van der Waals surface area contributed by atoms with E-state index in [1.807, 2.05) is 6.92 Å². The molecule has 4 rings (SSSR count). The maximum atomic E-state index is 14.2. The lowest BCUT2D eigenvalue weighted by molar-refractivity contribution is -0.123. The zero-order valence-corrected chi connectivity index (χ0v) is 22.1. The molecule has 1 saturated heterocycles. The third-order valence-corrected chi connectivity index (χ3v) is 7.66. The van der Waals surface area contributed by atoms with Crippen LogP contribution in [0, 0.1) is 30.6 Å². The van der Waals surface area contributed by atoms with Crippen molar-refractivity contribution in [3.05, 3.63) is 47.3 Å². The molecule has 2 aliphatic rings. The SMILES string of the molecule is CCc1nc(N2CC[C@H](C)C(CC(=O)C3CC(F)=CC=C3n3nccn3)[C@H](C)CO2)nc(C)c1CCl. The number of allylic oxidation sites excluding steroid dienone is 4. The molecule has 2 unspecified atom stereocenters. The van der Waals surface area contributed by atoms with Gasteiger partial charge in [0.1, 0.15) is 11.6 Å². The molecule has 8 nitrogen and oxygen atoms in total. The number of carbonyl (C=O) groups is 1. The van der Waals surface area contributed by atoms with Gasteiger partial charge in [0.15, 0.2) is 0 Å². The first kappa shape index (κ1) is 26.4. The van der Waals surface area contributed by atoms with E-state index in [0.29, 0.717) is 37.1 Å². The maximum absolute atomic E-state index is 14.2. The van der Waals surface area contributed by atoms with Gasteiger partial charge in [0.05, 0.1) is 42.2 Å². The number of hydrogen-bond acceptors (Lipinski definition) is 7. The quantitative estimate of drug-likeness (QED) is 0.474. The summed E-state index contributed by atoms with van der Waals surface area (Å²) in [5.41, 5.74) is 3.39. The number of halogens is 2. The second-order valence-corrected chi connectivity index (χ2v) is 10.0. The zero-order valence-electron chi connectivity index (χ0n) is 21.3. The van der Waals surface area contributed by atoms with E-state index >= 15 is 0 Å². The first-order valence-electron chi connectivity index (χ1n) is 12.6. The molecule has 0 amide bonds. The van der Waals surface area contributed by atoms with E-state index in [0.717, 1.165) is 29.8 Å². The van der Waals surface area contributed by atoms with Crippen LogP contribution in [0.25, 0.3) is 5.70 Å². The Balaban J connectivity index is 1.46. The molecule has 1 fully saturated rings. The Morgan fingerprint density at radius 3 is 2.64 bits per heavy atom. The Kier molecular flexibility index (Phi) is 8.51. The fourth-order valence-electron chi connectivity index (χ4n) is 5.14. The molecular formula is C26H34ClFN6O2. The normalized spacial score (nSPS) is 25.1. The highest BCUT2D eigenvalue weighted by Gasteiger charge is 2.35. The number of rotatable bonds is 7. The Morgan fingerprint density at radius 1 is 1.19 bits per heavy atom. The molecule has 3 heterocycles. The molecule has 36 heavy (non-hydrogen) atoms. The molecule has 2 aromatic rings.